The first kappa shape index (κ1) is 14.6. The van der Waals surface area contributed by atoms with E-state index in [9.17, 15) is 4.79 Å². The van der Waals surface area contributed by atoms with E-state index in [2.05, 4.69) is 25.2 Å². The highest BCUT2D eigenvalue weighted by molar-refractivity contribution is 5.94. The summed E-state index contributed by atoms with van der Waals surface area (Å²) in [6.07, 6.45) is 12.5. The van der Waals surface area contributed by atoms with Gasteiger partial charge in [0.15, 0.2) is 0 Å². The summed E-state index contributed by atoms with van der Waals surface area (Å²) in [4.78, 5) is 27.3. The van der Waals surface area contributed by atoms with E-state index in [1.165, 1.54) is 0 Å². The Kier molecular flexibility index (Phi) is 3.82. The third-order valence-electron chi connectivity index (χ3n) is 4.28. The highest BCUT2D eigenvalue weighted by Gasteiger charge is 2.23. The van der Waals surface area contributed by atoms with Crippen molar-refractivity contribution in [3.05, 3.63) is 54.9 Å². The SMILES string of the molecule is O=C(N[C@@H]1CCCN(c2cnccn2)C1)c1ccc2nccn2c1. The van der Waals surface area contributed by atoms with Crippen molar-refractivity contribution in [2.75, 3.05) is 18.0 Å². The topological polar surface area (TPSA) is 75.4 Å². The van der Waals surface area contributed by atoms with E-state index < -0.39 is 0 Å². The molecule has 0 aromatic carbocycles. The lowest BCUT2D eigenvalue weighted by Gasteiger charge is -2.33. The first-order valence-electron chi connectivity index (χ1n) is 8.04. The molecule has 0 bridgehead atoms. The minimum Gasteiger partial charge on any atom is -0.353 e. The average Bonchev–Trinajstić information content (AvgIpc) is 3.10. The molecule has 7 nitrogen and oxygen atoms in total. The van der Waals surface area contributed by atoms with Gasteiger partial charge in [-0.2, -0.15) is 0 Å². The number of nitrogens with one attached hydrogen (secondary N) is 1. The third-order valence-corrected chi connectivity index (χ3v) is 4.28. The highest BCUT2D eigenvalue weighted by atomic mass is 16.1. The molecule has 122 valence electrons. The van der Waals surface area contributed by atoms with Crippen LogP contribution in [0.1, 0.15) is 23.2 Å². The molecule has 1 aliphatic rings. The summed E-state index contributed by atoms with van der Waals surface area (Å²) >= 11 is 0. The molecule has 1 amide bonds. The molecule has 4 rings (SSSR count). The minimum absolute atomic E-state index is 0.0587. The fourth-order valence-electron chi connectivity index (χ4n) is 3.08. The van der Waals surface area contributed by atoms with Crippen molar-refractivity contribution < 1.29 is 4.79 Å². The monoisotopic (exact) mass is 322 g/mol. The number of pyridine rings is 1. The van der Waals surface area contributed by atoms with Gasteiger partial charge in [-0.15, -0.1) is 0 Å². The van der Waals surface area contributed by atoms with E-state index in [0.29, 0.717) is 5.56 Å². The Balaban J connectivity index is 1.45. The van der Waals surface area contributed by atoms with Crippen molar-refractivity contribution in [3.63, 3.8) is 0 Å². The Morgan fingerprint density at radius 2 is 2.17 bits per heavy atom. The molecular weight excluding hydrogens is 304 g/mol. The number of carbonyl (C=O) groups is 1. The Bertz CT molecular complexity index is 846. The summed E-state index contributed by atoms with van der Waals surface area (Å²) in [6, 6.07) is 3.76. The van der Waals surface area contributed by atoms with Crippen LogP contribution in [0.4, 0.5) is 5.82 Å². The zero-order valence-corrected chi connectivity index (χ0v) is 13.2. The summed E-state index contributed by atoms with van der Waals surface area (Å²) in [6.45, 7) is 1.68. The van der Waals surface area contributed by atoms with Gasteiger partial charge in [0.1, 0.15) is 11.5 Å². The van der Waals surface area contributed by atoms with Gasteiger partial charge in [0.25, 0.3) is 5.91 Å². The lowest BCUT2D eigenvalue weighted by molar-refractivity contribution is 0.0932. The van der Waals surface area contributed by atoms with Gasteiger partial charge in [-0.1, -0.05) is 0 Å². The molecule has 0 unspecified atom stereocenters. The smallest absolute Gasteiger partial charge is 0.253 e. The van der Waals surface area contributed by atoms with Crippen LogP contribution in [-0.2, 0) is 0 Å². The second kappa shape index (κ2) is 6.27. The molecule has 0 radical (unpaired) electrons. The van der Waals surface area contributed by atoms with E-state index in [1.807, 2.05) is 16.7 Å². The number of carbonyl (C=O) groups excluding carboxylic acids is 1. The third kappa shape index (κ3) is 2.92. The molecule has 0 saturated carbocycles. The summed E-state index contributed by atoms with van der Waals surface area (Å²) in [5, 5.41) is 3.13. The molecule has 1 aliphatic heterocycles. The molecule has 1 fully saturated rings. The van der Waals surface area contributed by atoms with Crippen molar-refractivity contribution >= 4 is 17.4 Å². The number of nitrogens with zero attached hydrogens (tertiary/aromatic N) is 5. The highest BCUT2D eigenvalue weighted by Crippen LogP contribution is 2.17. The lowest BCUT2D eigenvalue weighted by Crippen LogP contribution is -2.48. The van der Waals surface area contributed by atoms with Gasteiger partial charge in [-0.3, -0.25) is 9.78 Å². The van der Waals surface area contributed by atoms with E-state index >= 15 is 0 Å². The van der Waals surface area contributed by atoms with Crippen LogP contribution in [0, 0.1) is 0 Å². The molecule has 24 heavy (non-hydrogen) atoms. The van der Waals surface area contributed by atoms with E-state index in [0.717, 1.165) is 37.4 Å². The van der Waals surface area contributed by atoms with Crippen molar-refractivity contribution in [1.82, 2.24) is 24.7 Å². The van der Waals surface area contributed by atoms with Crippen molar-refractivity contribution in [1.29, 1.82) is 0 Å². The van der Waals surface area contributed by atoms with Crippen LogP contribution in [0.5, 0.6) is 0 Å². The van der Waals surface area contributed by atoms with E-state index in [4.69, 9.17) is 0 Å². The van der Waals surface area contributed by atoms with Gasteiger partial charge in [-0.25, -0.2) is 9.97 Å². The van der Waals surface area contributed by atoms with Gasteiger partial charge < -0.3 is 14.6 Å². The van der Waals surface area contributed by atoms with Crippen LogP contribution < -0.4 is 10.2 Å². The molecule has 1 saturated heterocycles. The maximum absolute atomic E-state index is 12.5. The molecular formula is C17H18N6O. The maximum atomic E-state index is 12.5. The molecule has 4 heterocycles. The number of anilines is 1. The number of rotatable bonds is 3. The molecule has 3 aromatic rings. The van der Waals surface area contributed by atoms with E-state index in [1.54, 1.807) is 37.1 Å². The number of hydrogen-bond donors (Lipinski definition) is 1. The number of piperidine rings is 1. The standard InChI is InChI=1S/C17H18N6O/c24-17(13-3-4-15-20-7-9-23(15)11-13)21-14-2-1-8-22(12-14)16-10-18-5-6-19-16/h3-7,9-11,14H,1-2,8,12H2,(H,21,24)/t14-/m1/s1. The fraction of sp³-hybridized carbons (Fsp3) is 0.294. The molecule has 1 atom stereocenters. The molecule has 7 heteroatoms. The number of hydrogen-bond acceptors (Lipinski definition) is 5. The normalized spacial score (nSPS) is 17.8. The predicted molar refractivity (Wildman–Crippen MR) is 89.9 cm³/mol. The van der Waals surface area contributed by atoms with Crippen molar-refractivity contribution in [3.8, 4) is 0 Å². The summed E-state index contributed by atoms with van der Waals surface area (Å²) in [5.74, 6) is 0.799. The largest absolute Gasteiger partial charge is 0.353 e. The second-order valence-corrected chi connectivity index (χ2v) is 5.93. The summed E-state index contributed by atoms with van der Waals surface area (Å²) < 4.78 is 1.85. The summed E-state index contributed by atoms with van der Waals surface area (Å²) in [5.41, 5.74) is 1.47. The Morgan fingerprint density at radius 1 is 1.21 bits per heavy atom. The minimum atomic E-state index is -0.0587. The maximum Gasteiger partial charge on any atom is 0.253 e. The number of fused-ring (bicyclic) bond motifs is 1. The van der Waals surface area contributed by atoms with Gasteiger partial charge in [0.05, 0.1) is 11.8 Å². The Morgan fingerprint density at radius 3 is 3.04 bits per heavy atom. The molecule has 0 aliphatic carbocycles. The van der Waals surface area contributed by atoms with E-state index in [-0.39, 0.29) is 11.9 Å². The predicted octanol–water partition coefficient (Wildman–Crippen LogP) is 1.52. The molecule has 0 spiro atoms. The molecule has 3 aromatic heterocycles. The number of imidazole rings is 1. The van der Waals surface area contributed by atoms with Gasteiger partial charge in [-0.05, 0) is 25.0 Å². The van der Waals surface area contributed by atoms with Gasteiger partial charge >= 0.3 is 0 Å². The average molecular weight is 322 g/mol. The van der Waals surface area contributed by atoms with Crippen molar-refractivity contribution in [2.45, 2.75) is 18.9 Å². The van der Waals surface area contributed by atoms with Crippen LogP contribution in [0.25, 0.3) is 5.65 Å². The van der Waals surface area contributed by atoms with Crippen LogP contribution in [-0.4, -0.2) is 44.4 Å². The van der Waals surface area contributed by atoms with Crippen LogP contribution in [0.15, 0.2) is 49.3 Å². The van der Waals surface area contributed by atoms with Crippen LogP contribution >= 0.6 is 0 Å². The number of aromatic nitrogens is 4. The first-order valence-corrected chi connectivity index (χ1v) is 8.04. The Labute approximate surface area is 139 Å². The van der Waals surface area contributed by atoms with Gasteiger partial charge in [0, 0.05) is 50.1 Å². The lowest BCUT2D eigenvalue weighted by atomic mass is 10.1. The zero-order chi connectivity index (χ0) is 16.4. The quantitative estimate of drug-likeness (QED) is 0.791. The fourth-order valence-corrected chi connectivity index (χ4v) is 3.08. The van der Waals surface area contributed by atoms with Gasteiger partial charge in [0.2, 0.25) is 0 Å². The summed E-state index contributed by atoms with van der Waals surface area (Å²) in [7, 11) is 0. The van der Waals surface area contributed by atoms with Crippen LogP contribution in [0.3, 0.4) is 0 Å². The number of amides is 1. The van der Waals surface area contributed by atoms with Crippen molar-refractivity contribution in [2.24, 2.45) is 0 Å². The first-order chi connectivity index (χ1) is 11.8. The Hall–Kier alpha value is -2.96. The zero-order valence-electron chi connectivity index (χ0n) is 13.2. The van der Waals surface area contributed by atoms with Crippen LogP contribution in [0.2, 0.25) is 0 Å². The molecule has 1 N–H and O–H groups in total. The second-order valence-electron chi connectivity index (χ2n) is 5.93.